The number of carbonyl (C=O) groups excluding carboxylic acids is 1. The Morgan fingerprint density at radius 1 is 1.00 bits per heavy atom. The predicted molar refractivity (Wildman–Crippen MR) is 126 cm³/mol. The molecule has 0 heterocycles. The summed E-state index contributed by atoms with van der Waals surface area (Å²) in [4.78, 5) is 13.1. The molecule has 0 aromatic heterocycles. The van der Waals surface area contributed by atoms with Crippen molar-refractivity contribution in [2.45, 2.75) is 31.7 Å². The highest BCUT2D eigenvalue weighted by Crippen LogP contribution is 2.27. The lowest BCUT2D eigenvalue weighted by molar-refractivity contribution is -0.120. The number of methoxy groups -OCH3 is 1. The summed E-state index contributed by atoms with van der Waals surface area (Å²) in [6.07, 6.45) is 0. The first-order chi connectivity index (χ1) is 15.2. The molecule has 0 spiro atoms. The monoisotopic (exact) mass is 452 g/mol. The highest BCUT2D eigenvalue weighted by atomic mass is 32.2. The van der Waals surface area contributed by atoms with Gasteiger partial charge in [0.1, 0.15) is 12.3 Å². The maximum atomic E-state index is 13.5. The Kier molecular flexibility index (Phi) is 7.20. The van der Waals surface area contributed by atoms with Crippen molar-refractivity contribution in [3.63, 3.8) is 0 Å². The normalized spacial score (nSPS) is 12.1. The van der Waals surface area contributed by atoms with E-state index in [1.807, 2.05) is 57.2 Å². The fourth-order valence-electron chi connectivity index (χ4n) is 3.50. The maximum absolute atomic E-state index is 13.5. The molecule has 0 radical (unpaired) electrons. The van der Waals surface area contributed by atoms with Gasteiger partial charge < -0.3 is 10.1 Å². The summed E-state index contributed by atoms with van der Waals surface area (Å²) < 4.78 is 33.3. The van der Waals surface area contributed by atoms with Gasteiger partial charge in [0.2, 0.25) is 5.91 Å². The van der Waals surface area contributed by atoms with E-state index in [1.165, 1.54) is 16.4 Å². The number of hydrogen-bond donors (Lipinski definition) is 1. The molecule has 0 saturated carbocycles. The molecule has 1 atom stereocenters. The number of nitrogens with zero attached hydrogens (tertiary/aromatic N) is 1. The number of ether oxygens (including phenoxy) is 1. The van der Waals surface area contributed by atoms with Crippen LogP contribution in [0.1, 0.15) is 29.7 Å². The van der Waals surface area contributed by atoms with Gasteiger partial charge in [-0.2, -0.15) is 0 Å². The minimum Gasteiger partial charge on any atom is -0.497 e. The second-order valence-electron chi connectivity index (χ2n) is 7.68. The molecule has 1 N–H and O–H groups in total. The molecule has 7 heteroatoms. The average molecular weight is 453 g/mol. The average Bonchev–Trinajstić information content (AvgIpc) is 2.78. The number of sulfonamides is 1. The van der Waals surface area contributed by atoms with Crippen LogP contribution in [0.5, 0.6) is 5.75 Å². The quantitative estimate of drug-likeness (QED) is 0.550. The van der Waals surface area contributed by atoms with Crippen molar-refractivity contribution in [1.82, 2.24) is 5.32 Å². The van der Waals surface area contributed by atoms with Gasteiger partial charge in [-0.05, 0) is 62.2 Å². The first-order valence-corrected chi connectivity index (χ1v) is 11.7. The molecule has 3 aromatic rings. The second-order valence-corrected chi connectivity index (χ2v) is 9.54. The van der Waals surface area contributed by atoms with Gasteiger partial charge in [-0.1, -0.05) is 48.0 Å². The number of nitrogens with one attached hydrogen (secondary N) is 1. The molecule has 3 rings (SSSR count). The Balaban J connectivity index is 1.89. The van der Waals surface area contributed by atoms with Crippen LogP contribution < -0.4 is 14.4 Å². The van der Waals surface area contributed by atoms with Crippen LogP contribution in [0.4, 0.5) is 5.69 Å². The zero-order valence-electron chi connectivity index (χ0n) is 18.7. The van der Waals surface area contributed by atoms with Crippen LogP contribution in [-0.4, -0.2) is 28.0 Å². The van der Waals surface area contributed by atoms with Crippen molar-refractivity contribution in [2.75, 3.05) is 18.0 Å². The summed E-state index contributed by atoms with van der Waals surface area (Å²) >= 11 is 0. The zero-order chi connectivity index (χ0) is 23.3. The van der Waals surface area contributed by atoms with E-state index in [2.05, 4.69) is 5.32 Å². The lowest BCUT2D eigenvalue weighted by Crippen LogP contribution is -2.41. The summed E-state index contributed by atoms with van der Waals surface area (Å²) in [5, 5.41) is 2.90. The Bertz CT molecular complexity index is 1180. The number of rotatable bonds is 8. The Hall–Kier alpha value is -3.32. The van der Waals surface area contributed by atoms with Gasteiger partial charge in [-0.3, -0.25) is 9.10 Å². The minimum absolute atomic E-state index is 0.135. The maximum Gasteiger partial charge on any atom is 0.264 e. The van der Waals surface area contributed by atoms with E-state index in [9.17, 15) is 13.2 Å². The summed E-state index contributed by atoms with van der Waals surface area (Å²) in [6.45, 7) is 5.30. The number of aryl methyl sites for hydroxylation is 2. The van der Waals surface area contributed by atoms with Crippen LogP contribution in [0.25, 0.3) is 0 Å². The third-order valence-corrected chi connectivity index (χ3v) is 7.01. The summed E-state index contributed by atoms with van der Waals surface area (Å²) in [7, 11) is -2.35. The molecule has 0 saturated heterocycles. The van der Waals surface area contributed by atoms with Crippen LogP contribution in [0, 0.1) is 13.8 Å². The Labute approximate surface area is 189 Å². The summed E-state index contributed by atoms with van der Waals surface area (Å²) in [6, 6.07) is 20.7. The SMILES string of the molecule is COc1ccc([C@H](C)NC(=O)CN(c2ccc(C)cc2C)S(=O)(=O)c2ccccc2)cc1. The molecule has 0 fully saturated rings. The molecule has 0 aliphatic heterocycles. The van der Waals surface area contributed by atoms with Crippen LogP contribution in [0.15, 0.2) is 77.7 Å². The molecule has 0 bridgehead atoms. The van der Waals surface area contributed by atoms with Crippen molar-refractivity contribution < 1.29 is 17.9 Å². The van der Waals surface area contributed by atoms with Crippen molar-refractivity contribution >= 4 is 21.6 Å². The van der Waals surface area contributed by atoms with Crippen LogP contribution >= 0.6 is 0 Å². The summed E-state index contributed by atoms with van der Waals surface area (Å²) in [5.74, 6) is 0.329. The van der Waals surface area contributed by atoms with Gasteiger partial charge in [0.25, 0.3) is 10.0 Å². The minimum atomic E-state index is -3.94. The number of benzene rings is 3. The fraction of sp³-hybridized carbons (Fsp3) is 0.240. The molecular formula is C25H28N2O4S. The van der Waals surface area contributed by atoms with E-state index >= 15 is 0 Å². The number of hydrogen-bond acceptors (Lipinski definition) is 4. The van der Waals surface area contributed by atoms with E-state index in [4.69, 9.17) is 4.74 Å². The van der Waals surface area contributed by atoms with Crippen LogP contribution in [0.2, 0.25) is 0 Å². The topological polar surface area (TPSA) is 75.7 Å². The third kappa shape index (κ3) is 5.29. The van der Waals surface area contributed by atoms with Crippen molar-refractivity contribution in [2.24, 2.45) is 0 Å². The smallest absolute Gasteiger partial charge is 0.264 e. The first kappa shape index (κ1) is 23.3. The van der Waals surface area contributed by atoms with E-state index in [0.29, 0.717) is 5.69 Å². The van der Waals surface area contributed by atoms with Crippen LogP contribution in [0.3, 0.4) is 0 Å². The predicted octanol–water partition coefficient (Wildman–Crippen LogP) is 4.38. The van der Waals surface area contributed by atoms with Gasteiger partial charge in [0.05, 0.1) is 23.7 Å². The van der Waals surface area contributed by atoms with Gasteiger partial charge in [0, 0.05) is 0 Å². The fourth-order valence-corrected chi connectivity index (χ4v) is 5.00. The largest absolute Gasteiger partial charge is 0.497 e. The van der Waals surface area contributed by atoms with E-state index in [0.717, 1.165) is 22.4 Å². The van der Waals surface area contributed by atoms with Crippen LogP contribution in [-0.2, 0) is 14.8 Å². The molecular weight excluding hydrogens is 424 g/mol. The molecule has 3 aromatic carbocycles. The van der Waals surface area contributed by atoms with Gasteiger partial charge >= 0.3 is 0 Å². The molecule has 168 valence electrons. The summed E-state index contributed by atoms with van der Waals surface area (Å²) in [5.41, 5.74) is 3.16. The highest BCUT2D eigenvalue weighted by molar-refractivity contribution is 7.92. The van der Waals surface area contributed by atoms with Crippen molar-refractivity contribution in [1.29, 1.82) is 0 Å². The zero-order valence-corrected chi connectivity index (χ0v) is 19.5. The number of amides is 1. The standard InChI is InChI=1S/C25H28N2O4S/c1-18-10-15-24(19(2)16-18)27(32(29,30)23-8-6-5-7-9-23)17-25(28)26-20(3)21-11-13-22(31-4)14-12-21/h5-16,20H,17H2,1-4H3,(H,26,28)/t20-/m0/s1. The molecule has 0 aliphatic rings. The number of carbonyl (C=O) groups is 1. The molecule has 0 unspecified atom stereocenters. The van der Waals surface area contributed by atoms with Gasteiger partial charge in [0.15, 0.2) is 0 Å². The van der Waals surface area contributed by atoms with E-state index in [-0.39, 0.29) is 17.5 Å². The first-order valence-electron chi connectivity index (χ1n) is 10.3. The lowest BCUT2D eigenvalue weighted by atomic mass is 10.1. The van der Waals surface area contributed by atoms with Gasteiger partial charge in [-0.15, -0.1) is 0 Å². The van der Waals surface area contributed by atoms with Gasteiger partial charge in [-0.25, -0.2) is 8.42 Å². The van der Waals surface area contributed by atoms with Crippen molar-refractivity contribution in [3.8, 4) is 5.75 Å². The second kappa shape index (κ2) is 9.87. The molecule has 6 nitrogen and oxygen atoms in total. The van der Waals surface area contributed by atoms with E-state index in [1.54, 1.807) is 31.4 Å². The molecule has 32 heavy (non-hydrogen) atoms. The molecule has 1 amide bonds. The third-order valence-electron chi connectivity index (χ3n) is 5.23. The highest BCUT2D eigenvalue weighted by Gasteiger charge is 2.28. The Morgan fingerprint density at radius 2 is 1.66 bits per heavy atom. The Morgan fingerprint density at radius 3 is 2.25 bits per heavy atom. The number of anilines is 1. The van der Waals surface area contributed by atoms with Crippen molar-refractivity contribution in [3.05, 3.63) is 89.5 Å². The molecule has 0 aliphatic carbocycles. The lowest BCUT2D eigenvalue weighted by Gasteiger charge is -2.26. The van der Waals surface area contributed by atoms with E-state index < -0.39 is 15.9 Å².